The molecular weight excluding hydrogens is 576 g/mol. The first-order chi connectivity index (χ1) is 20.3. The fraction of sp³-hybridized carbons (Fsp3) is 0.464. The molecule has 3 aromatic rings. The highest BCUT2D eigenvalue weighted by Gasteiger charge is 2.47. The molecule has 2 fully saturated rings. The van der Waals surface area contributed by atoms with Crippen LogP contribution < -0.4 is 10.2 Å². The lowest BCUT2D eigenvalue weighted by Gasteiger charge is -2.42. The molecule has 5 rings (SSSR count). The quantitative estimate of drug-likeness (QED) is 0.150. The predicted molar refractivity (Wildman–Crippen MR) is 143 cm³/mol. The summed E-state index contributed by atoms with van der Waals surface area (Å²) < 4.78 is 22.7. The number of benzene rings is 2. The Morgan fingerprint density at radius 1 is 0.814 bits per heavy atom. The second-order valence-corrected chi connectivity index (χ2v) is 10.8. The zero-order valence-electron chi connectivity index (χ0n) is 22.6. The van der Waals surface area contributed by atoms with Crippen molar-refractivity contribution in [3.05, 3.63) is 40.6 Å². The molecule has 43 heavy (non-hydrogen) atoms. The van der Waals surface area contributed by atoms with E-state index in [4.69, 9.17) is 18.6 Å². The van der Waals surface area contributed by atoms with Crippen LogP contribution in [-0.4, -0.2) is 113 Å². The Labute approximate surface area is 242 Å². The first-order valence-electron chi connectivity index (χ1n) is 13.4. The normalized spacial score (nSPS) is 33.0. The summed E-state index contributed by atoms with van der Waals surface area (Å²) in [5.41, 5.74) is -1.17. The van der Waals surface area contributed by atoms with Gasteiger partial charge in [-0.2, -0.15) is 0 Å². The lowest BCUT2D eigenvalue weighted by atomic mass is 9.81. The van der Waals surface area contributed by atoms with E-state index in [0.717, 1.165) is 24.3 Å². The summed E-state index contributed by atoms with van der Waals surface area (Å²) in [4.78, 5) is 13.6. The van der Waals surface area contributed by atoms with Crippen molar-refractivity contribution in [3.8, 4) is 40.1 Å². The molecule has 1 saturated carbocycles. The molecule has 0 bridgehead atoms. The number of phenolic OH excluding ortho intramolecular Hbond substituents is 4. The van der Waals surface area contributed by atoms with E-state index in [1.165, 1.54) is 13.0 Å². The average molecular weight is 609 g/mol. The van der Waals surface area contributed by atoms with Crippen molar-refractivity contribution in [2.24, 2.45) is 5.92 Å². The topological polar surface area (TPSA) is 260 Å². The van der Waals surface area contributed by atoms with E-state index in [1.54, 1.807) is 0 Å². The van der Waals surface area contributed by atoms with E-state index < -0.39 is 95.2 Å². The standard InChI is InChI=1S/C28H32O15/c1-9-19(33)23(37)25(39)28(41-9)40-8-11-5-17(21(35)24(38)20(11)34)43-27-22(36)18-15(32)6-12(29)7-16(18)42-26(27)10-2-3-13(30)14(31)4-10/h2-4,6-7,9,11,17,19-21,23-25,28-35,37-39H,5,8H2,1H3. The van der Waals surface area contributed by atoms with Crippen LogP contribution in [0, 0.1) is 5.92 Å². The Morgan fingerprint density at radius 3 is 2.21 bits per heavy atom. The van der Waals surface area contributed by atoms with E-state index in [2.05, 4.69) is 0 Å². The number of fused-ring (bicyclic) bond motifs is 1. The van der Waals surface area contributed by atoms with Gasteiger partial charge in [-0.1, -0.05) is 0 Å². The van der Waals surface area contributed by atoms with Gasteiger partial charge in [0, 0.05) is 23.6 Å². The van der Waals surface area contributed by atoms with Gasteiger partial charge in [-0.05, 0) is 31.5 Å². The fourth-order valence-corrected chi connectivity index (χ4v) is 5.31. The molecular formula is C28H32O15. The fourth-order valence-electron chi connectivity index (χ4n) is 5.31. The van der Waals surface area contributed by atoms with Crippen LogP contribution in [0.4, 0.5) is 0 Å². The number of hydrogen-bond acceptors (Lipinski definition) is 15. The second kappa shape index (κ2) is 11.8. The minimum Gasteiger partial charge on any atom is -0.508 e. The predicted octanol–water partition coefficient (Wildman–Crippen LogP) is -1.02. The van der Waals surface area contributed by atoms with Crippen LogP contribution in [0.3, 0.4) is 0 Å². The number of aliphatic hydroxyl groups excluding tert-OH is 6. The third-order valence-corrected chi connectivity index (χ3v) is 7.81. The maximum absolute atomic E-state index is 13.6. The van der Waals surface area contributed by atoms with E-state index in [0.29, 0.717) is 0 Å². The van der Waals surface area contributed by atoms with Gasteiger partial charge in [0.25, 0.3) is 0 Å². The van der Waals surface area contributed by atoms with Crippen LogP contribution in [0.1, 0.15) is 13.3 Å². The first-order valence-corrected chi connectivity index (χ1v) is 13.4. The number of ether oxygens (including phenoxy) is 3. The summed E-state index contributed by atoms with van der Waals surface area (Å²) >= 11 is 0. The van der Waals surface area contributed by atoms with Gasteiger partial charge < -0.3 is 69.7 Å². The summed E-state index contributed by atoms with van der Waals surface area (Å²) in [5.74, 6) is -3.98. The highest BCUT2D eigenvalue weighted by molar-refractivity contribution is 5.88. The molecule has 2 aliphatic rings. The molecule has 15 heteroatoms. The van der Waals surface area contributed by atoms with Crippen molar-refractivity contribution in [2.45, 2.75) is 68.5 Å². The maximum atomic E-state index is 13.6. The monoisotopic (exact) mass is 608 g/mol. The summed E-state index contributed by atoms with van der Waals surface area (Å²) in [7, 11) is 0. The van der Waals surface area contributed by atoms with Gasteiger partial charge in [-0.15, -0.1) is 0 Å². The Balaban J connectivity index is 1.48. The lowest BCUT2D eigenvalue weighted by molar-refractivity contribution is -0.299. The van der Waals surface area contributed by atoms with Crippen LogP contribution in [0.2, 0.25) is 0 Å². The van der Waals surface area contributed by atoms with Crippen molar-refractivity contribution in [3.63, 3.8) is 0 Å². The van der Waals surface area contributed by atoms with Gasteiger partial charge in [-0.25, -0.2) is 0 Å². The van der Waals surface area contributed by atoms with Crippen LogP contribution >= 0.6 is 0 Å². The van der Waals surface area contributed by atoms with Gasteiger partial charge in [0.15, 0.2) is 23.5 Å². The molecule has 0 amide bonds. The second-order valence-electron chi connectivity index (χ2n) is 10.8. The van der Waals surface area contributed by atoms with Crippen LogP contribution in [-0.2, 0) is 9.47 Å². The van der Waals surface area contributed by atoms with E-state index in [1.807, 2.05) is 0 Å². The number of hydrogen-bond donors (Lipinski definition) is 10. The number of aromatic hydroxyl groups is 4. The first kappa shape index (κ1) is 30.8. The van der Waals surface area contributed by atoms with Gasteiger partial charge >= 0.3 is 0 Å². The highest BCUT2D eigenvalue weighted by atomic mass is 16.7. The Bertz CT molecular complexity index is 1540. The summed E-state index contributed by atoms with van der Waals surface area (Å²) in [5, 5.41) is 102. The van der Waals surface area contributed by atoms with Crippen molar-refractivity contribution >= 4 is 11.0 Å². The molecule has 10 atom stereocenters. The largest absolute Gasteiger partial charge is 0.508 e. The third-order valence-electron chi connectivity index (χ3n) is 7.81. The average Bonchev–Trinajstić information content (AvgIpc) is 2.96. The summed E-state index contributed by atoms with van der Waals surface area (Å²) in [6, 6.07) is 5.41. The van der Waals surface area contributed by atoms with Gasteiger partial charge in [0.05, 0.1) is 18.8 Å². The van der Waals surface area contributed by atoms with Crippen molar-refractivity contribution in [1.29, 1.82) is 0 Å². The van der Waals surface area contributed by atoms with E-state index in [9.17, 15) is 55.9 Å². The van der Waals surface area contributed by atoms with Crippen molar-refractivity contribution < 1.29 is 69.7 Å². The summed E-state index contributed by atoms with van der Waals surface area (Å²) in [6.07, 6.45) is -13.6. The van der Waals surface area contributed by atoms with Gasteiger partial charge in [0.2, 0.25) is 11.2 Å². The van der Waals surface area contributed by atoms with Crippen molar-refractivity contribution in [2.75, 3.05) is 6.61 Å². The van der Waals surface area contributed by atoms with Crippen LogP contribution in [0.15, 0.2) is 39.5 Å². The Hall–Kier alpha value is -3.67. The molecule has 1 aromatic heterocycles. The molecule has 0 radical (unpaired) electrons. The maximum Gasteiger partial charge on any atom is 0.239 e. The molecule has 15 nitrogen and oxygen atoms in total. The van der Waals surface area contributed by atoms with Crippen LogP contribution in [0.5, 0.6) is 28.7 Å². The minimum absolute atomic E-state index is 0.0243. The zero-order chi connectivity index (χ0) is 31.3. The third kappa shape index (κ3) is 5.69. The molecule has 10 unspecified atom stereocenters. The molecule has 2 aromatic carbocycles. The summed E-state index contributed by atoms with van der Waals surface area (Å²) in [6.45, 7) is 1.07. The van der Waals surface area contributed by atoms with E-state index >= 15 is 0 Å². The number of phenols is 4. The molecule has 234 valence electrons. The molecule has 0 spiro atoms. The minimum atomic E-state index is -1.80. The Morgan fingerprint density at radius 2 is 1.51 bits per heavy atom. The molecule has 1 saturated heterocycles. The number of aliphatic hydroxyl groups is 6. The Kier molecular flexibility index (Phi) is 8.43. The molecule has 2 heterocycles. The van der Waals surface area contributed by atoms with Gasteiger partial charge in [-0.3, -0.25) is 4.79 Å². The highest BCUT2D eigenvalue weighted by Crippen LogP contribution is 2.40. The van der Waals surface area contributed by atoms with E-state index in [-0.39, 0.29) is 35.3 Å². The van der Waals surface area contributed by atoms with Gasteiger partial charge in [0.1, 0.15) is 59.1 Å². The van der Waals surface area contributed by atoms with Crippen LogP contribution in [0.25, 0.3) is 22.3 Å². The van der Waals surface area contributed by atoms with Crippen molar-refractivity contribution in [1.82, 2.24) is 0 Å². The number of rotatable bonds is 6. The zero-order valence-corrected chi connectivity index (χ0v) is 22.6. The molecule has 10 N–H and O–H groups in total. The molecule has 1 aliphatic carbocycles. The smallest absolute Gasteiger partial charge is 0.239 e. The lowest BCUT2D eigenvalue weighted by Crippen LogP contribution is -2.59. The SMILES string of the molecule is CC1OC(OCC2CC(Oc3c(-c4ccc(O)c(O)c4)oc4cc(O)cc(O)c4c3=O)C(O)C(O)C2O)C(O)C(O)C1O. The molecule has 1 aliphatic heterocycles.